The second-order valence-corrected chi connectivity index (χ2v) is 5.58. The van der Waals surface area contributed by atoms with Crippen LogP contribution in [-0.4, -0.2) is 30.6 Å². The normalized spacial score (nSPS) is 9.31. The number of hydrogen-bond donors (Lipinski definition) is 0. The van der Waals surface area contributed by atoms with Crippen LogP contribution >= 0.6 is 34.8 Å². The molecule has 1 rings (SSSR count). The van der Waals surface area contributed by atoms with E-state index >= 15 is 0 Å². The third-order valence-electron chi connectivity index (χ3n) is 2.62. The Hall–Kier alpha value is -2.10. The average Bonchev–Trinajstić information content (AvgIpc) is 2.59. The number of nitro groups is 1. The molecule has 12 heteroatoms. The number of hydrogen-bond acceptors (Lipinski definition) is 7. The molecular weight excluding hydrogens is 420 g/mol. The van der Waals surface area contributed by atoms with E-state index in [0.29, 0.717) is 11.1 Å². The number of halogens is 4. The first kappa shape index (κ1) is 23.9. The molecule has 26 heavy (non-hydrogen) atoms. The lowest BCUT2D eigenvalue weighted by molar-refractivity contribution is -0.385. The van der Waals surface area contributed by atoms with Gasteiger partial charge in [-0.15, -0.1) is 0 Å². The molecule has 0 amide bonds. The highest BCUT2D eigenvalue weighted by atomic mass is 35.5. The maximum atomic E-state index is 11.3. The van der Waals surface area contributed by atoms with E-state index in [4.69, 9.17) is 44.3 Å². The summed E-state index contributed by atoms with van der Waals surface area (Å²) in [5.74, 6) is -0.790. The molecule has 0 saturated heterocycles. The number of nitro benzene ring substituents is 1. The number of nitrogens with zero attached hydrogens (tertiary/aromatic N) is 1. The predicted molar refractivity (Wildman–Crippen MR) is 92.8 cm³/mol. The average molecular weight is 433 g/mol. The molecule has 1 aromatic carbocycles. The van der Waals surface area contributed by atoms with Crippen LogP contribution in [0.1, 0.15) is 19.4 Å². The summed E-state index contributed by atoms with van der Waals surface area (Å²) in [5.41, 5.74) is 0.322. The molecule has 0 aliphatic carbocycles. The Morgan fingerprint density at radius 1 is 1.38 bits per heavy atom. The van der Waals surface area contributed by atoms with Gasteiger partial charge in [0.05, 0.1) is 16.6 Å². The molecule has 0 heterocycles. The molecule has 0 unspecified atom stereocenters. The Labute approximate surface area is 162 Å². The first-order chi connectivity index (χ1) is 12.2. The number of esters is 1. The molecule has 0 aliphatic rings. The molecule has 144 valence electrons. The van der Waals surface area contributed by atoms with Crippen molar-refractivity contribution in [2.45, 2.75) is 13.8 Å². The highest BCUT2D eigenvalue weighted by molar-refractivity contribution is 6.58. The van der Waals surface area contributed by atoms with E-state index in [0.717, 1.165) is 0 Å². The Balaban J connectivity index is 0.00000141. The summed E-state index contributed by atoms with van der Waals surface area (Å²) in [7, 11) is 0. The van der Waals surface area contributed by atoms with Gasteiger partial charge in [-0.3, -0.25) is 19.9 Å². The number of carbonyl (C=O) groups is 2. The number of benzene rings is 1. The summed E-state index contributed by atoms with van der Waals surface area (Å²) in [5, 5.41) is 11.3. The summed E-state index contributed by atoms with van der Waals surface area (Å²) in [6.45, 7) is 2.63. The van der Waals surface area contributed by atoms with Crippen molar-refractivity contribution >= 4 is 58.5 Å². The zero-order valence-electron chi connectivity index (χ0n) is 13.5. The number of allylic oxidation sites excluding steroid dienone is 1. The van der Waals surface area contributed by atoms with Crippen LogP contribution in [0.3, 0.4) is 0 Å². The second kappa shape index (κ2) is 12.3. The van der Waals surface area contributed by atoms with Gasteiger partial charge in [-0.1, -0.05) is 34.8 Å². The van der Waals surface area contributed by atoms with Crippen LogP contribution < -0.4 is 4.74 Å². The highest BCUT2D eigenvalue weighted by Gasteiger charge is 2.21. The monoisotopic (exact) mass is 431 g/mol. The van der Waals surface area contributed by atoms with E-state index in [1.54, 1.807) is 13.8 Å². The topological polar surface area (TPSA) is 105 Å². The van der Waals surface area contributed by atoms with Crippen molar-refractivity contribution in [1.29, 1.82) is 0 Å². The van der Waals surface area contributed by atoms with Crippen molar-refractivity contribution in [2.75, 3.05) is 13.2 Å². The number of carbonyl (C=O) groups excluding carboxylic acids is 2. The minimum Gasteiger partial charge on any atom is -0.475 e. The fraction of sp³-hybridized carbons (Fsp3) is 0.286. The molecule has 1 aromatic rings. The lowest BCUT2D eigenvalue weighted by Gasteiger charge is -2.10. The van der Waals surface area contributed by atoms with Gasteiger partial charge in [-0.05, 0) is 19.4 Å². The van der Waals surface area contributed by atoms with Crippen molar-refractivity contribution in [1.82, 2.24) is 0 Å². The van der Waals surface area contributed by atoms with Gasteiger partial charge in [-0.2, -0.15) is 0 Å². The first-order valence-corrected chi connectivity index (χ1v) is 7.82. The standard InChI is InChI=1S/C13H12Cl3NO5.CHFO2/c1-3-21-12(18)6-22-11-5-9(14)8(7(2)13(15)16)4-10(11)17(19)20;2-4-1-3/h4-5H,3,6H2,1-2H3;1H. The smallest absolute Gasteiger partial charge is 0.344 e. The summed E-state index contributed by atoms with van der Waals surface area (Å²) in [6, 6.07) is 2.41. The molecular formula is C14H13Cl3FNO7. The molecule has 0 saturated carbocycles. The van der Waals surface area contributed by atoms with E-state index in [-0.39, 0.29) is 34.0 Å². The Morgan fingerprint density at radius 2 is 1.96 bits per heavy atom. The van der Waals surface area contributed by atoms with Crippen LogP contribution in [-0.2, 0) is 19.3 Å². The summed E-state index contributed by atoms with van der Waals surface area (Å²) in [4.78, 5) is 32.7. The summed E-state index contributed by atoms with van der Waals surface area (Å²) in [6.07, 6.45) is 0. The van der Waals surface area contributed by atoms with Gasteiger partial charge in [-0.25, -0.2) is 4.79 Å². The van der Waals surface area contributed by atoms with Crippen LogP contribution in [0.2, 0.25) is 5.02 Å². The zero-order valence-corrected chi connectivity index (χ0v) is 15.7. The highest BCUT2D eigenvalue weighted by Crippen LogP contribution is 2.38. The Morgan fingerprint density at radius 3 is 2.38 bits per heavy atom. The number of rotatable bonds is 7. The minimum atomic E-state index is -0.657. The summed E-state index contributed by atoms with van der Waals surface area (Å²) < 4.78 is 19.6. The first-order valence-electron chi connectivity index (χ1n) is 6.69. The van der Waals surface area contributed by atoms with Crippen molar-refractivity contribution in [3.8, 4) is 5.75 Å². The van der Waals surface area contributed by atoms with Crippen LogP contribution in [0.5, 0.6) is 5.75 Å². The van der Waals surface area contributed by atoms with E-state index in [1.807, 2.05) is 0 Å². The molecule has 0 fully saturated rings. The van der Waals surface area contributed by atoms with E-state index in [9.17, 15) is 19.4 Å². The predicted octanol–water partition coefficient (Wildman–Crippen LogP) is 4.40. The fourth-order valence-electron chi connectivity index (χ4n) is 1.53. The zero-order chi connectivity index (χ0) is 20.3. The van der Waals surface area contributed by atoms with Gasteiger partial charge in [0.25, 0.3) is 0 Å². The third kappa shape index (κ3) is 7.85. The van der Waals surface area contributed by atoms with Crippen LogP contribution in [0.15, 0.2) is 16.6 Å². The van der Waals surface area contributed by atoms with Crippen LogP contribution in [0.4, 0.5) is 10.2 Å². The van der Waals surface area contributed by atoms with Gasteiger partial charge in [0.15, 0.2) is 12.4 Å². The van der Waals surface area contributed by atoms with E-state index in [1.165, 1.54) is 12.1 Å². The van der Waals surface area contributed by atoms with E-state index in [2.05, 4.69) is 9.68 Å². The molecule has 0 atom stereocenters. The van der Waals surface area contributed by atoms with Gasteiger partial charge in [0.2, 0.25) is 0 Å². The molecule has 0 aromatic heterocycles. The molecule has 0 aliphatic heterocycles. The third-order valence-corrected chi connectivity index (χ3v) is 3.50. The fourth-order valence-corrected chi connectivity index (χ4v) is 2.03. The molecule has 0 N–H and O–H groups in total. The van der Waals surface area contributed by atoms with Crippen molar-refractivity contribution in [2.24, 2.45) is 0 Å². The SMILES string of the molecule is CCOC(=O)COc1cc(Cl)c(C(C)=C(Cl)Cl)cc1[N+](=O)[O-].O=COF. The molecule has 0 spiro atoms. The summed E-state index contributed by atoms with van der Waals surface area (Å²) >= 11 is 17.4. The quantitative estimate of drug-likeness (QED) is 0.272. The maximum absolute atomic E-state index is 11.3. The largest absolute Gasteiger partial charge is 0.475 e. The second-order valence-electron chi connectivity index (χ2n) is 4.22. The lowest BCUT2D eigenvalue weighted by atomic mass is 10.1. The molecule has 8 nitrogen and oxygen atoms in total. The lowest BCUT2D eigenvalue weighted by Crippen LogP contribution is -2.15. The minimum absolute atomic E-state index is 0.0589. The Kier molecular flexibility index (Phi) is 11.3. The van der Waals surface area contributed by atoms with Gasteiger partial charge < -0.3 is 9.47 Å². The van der Waals surface area contributed by atoms with Crippen molar-refractivity contribution in [3.63, 3.8) is 0 Å². The van der Waals surface area contributed by atoms with E-state index < -0.39 is 17.5 Å². The van der Waals surface area contributed by atoms with Crippen molar-refractivity contribution in [3.05, 3.63) is 37.3 Å². The molecule has 0 bridgehead atoms. The molecule has 0 radical (unpaired) electrons. The van der Waals surface area contributed by atoms with Crippen molar-refractivity contribution < 1.29 is 33.5 Å². The van der Waals surface area contributed by atoms with Crippen LogP contribution in [0.25, 0.3) is 5.57 Å². The number of ether oxygens (including phenoxy) is 2. The Bertz CT molecular complexity index is 693. The van der Waals surface area contributed by atoms with Gasteiger partial charge >= 0.3 is 18.1 Å². The van der Waals surface area contributed by atoms with Gasteiger partial charge in [0, 0.05) is 22.2 Å². The maximum Gasteiger partial charge on any atom is 0.344 e. The van der Waals surface area contributed by atoms with Crippen LogP contribution in [0, 0.1) is 10.1 Å². The van der Waals surface area contributed by atoms with Gasteiger partial charge in [0.1, 0.15) is 4.49 Å².